The molecule has 0 heterocycles. The molecular formula is C5H2F2. The minimum Gasteiger partial charge on any atom is -0.178 e. The maximum Gasteiger partial charge on any atom is 0.370 e. The van der Waals surface area contributed by atoms with Gasteiger partial charge in [-0.15, -0.1) is 12.8 Å². The Morgan fingerprint density at radius 3 is 1.43 bits per heavy atom. The van der Waals surface area contributed by atoms with E-state index in [2.05, 4.69) is 12.8 Å². The quantitative estimate of drug-likeness (QED) is 0.396. The van der Waals surface area contributed by atoms with Gasteiger partial charge in [-0.2, -0.15) is 8.78 Å². The summed E-state index contributed by atoms with van der Waals surface area (Å²) in [5.41, 5.74) is 0. The lowest BCUT2D eigenvalue weighted by atomic mass is 10.4. The van der Waals surface area contributed by atoms with E-state index in [0.717, 1.165) is 11.8 Å². The molecule has 0 aliphatic heterocycles. The van der Waals surface area contributed by atoms with Crippen LogP contribution in [0.1, 0.15) is 0 Å². The van der Waals surface area contributed by atoms with Crippen LogP contribution in [-0.4, -0.2) is 5.92 Å². The number of terminal acetylenes is 2. The molecule has 0 aromatic heterocycles. The first kappa shape index (κ1) is 5.98. The highest BCUT2D eigenvalue weighted by atomic mass is 19.3. The van der Waals surface area contributed by atoms with Crippen molar-refractivity contribution in [3.8, 4) is 24.7 Å². The molecule has 2 heteroatoms. The van der Waals surface area contributed by atoms with Crippen molar-refractivity contribution in [2.75, 3.05) is 0 Å². The van der Waals surface area contributed by atoms with Crippen molar-refractivity contribution in [3.05, 3.63) is 0 Å². The summed E-state index contributed by atoms with van der Waals surface area (Å²) in [6, 6.07) is 0. The smallest absolute Gasteiger partial charge is 0.178 e. The summed E-state index contributed by atoms with van der Waals surface area (Å²) < 4.78 is 22.8. The Morgan fingerprint density at radius 1 is 1.14 bits per heavy atom. The zero-order valence-corrected chi connectivity index (χ0v) is 3.41. The van der Waals surface area contributed by atoms with Crippen LogP contribution in [0.15, 0.2) is 0 Å². The fraction of sp³-hybridized carbons (Fsp3) is 0.200. The molecule has 0 nitrogen and oxygen atoms in total. The van der Waals surface area contributed by atoms with Crippen molar-refractivity contribution in [2.24, 2.45) is 0 Å². The van der Waals surface area contributed by atoms with Gasteiger partial charge >= 0.3 is 5.92 Å². The van der Waals surface area contributed by atoms with Crippen LogP contribution in [0.5, 0.6) is 0 Å². The molecule has 0 rings (SSSR count). The molecule has 0 radical (unpaired) electrons. The Morgan fingerprint density at radius 2 is 1.43 bits per heavy atom. The molecule has 0 spiro atoms. The average molecular weight is 100 g/mol. The summed E-state index contributed by atoms with van der Waals surface area (Å²) >= 11 is 0. The predicted molar refractivity (Wildman–Crippen MR) is 22.6 cm³/mol. The van der Waals surface area contributed by atoms with Crippen LogP contribution in [0, 0.1) is 24.7 Å². The van der Waals surface area contributed by atoms with Gasteiger partial charge in [0.05, 0.1) is 0 Å². The molecule has 0 saturated carbocycles. The van der Waals surface area contributed by atoms with Crippen LogP contribution < -0.4 is 0 Å². The SMILES string of the molecule is C#CC(F)(F)C#C. The molecule has 0 aromatic carbocycles. The van der Waals surface area contributed by atoms with Crippen LogP contribution >= 0.6 is 0 Å². The van der Waals surface area contributed by atoms with Gasteiger partial charge in [0.15, 0.2) is 0 Å². The summed E-state index contributed by atoms with van der Waals surface area (Å²) in [4.78, 5) is 0. The average Bonchev–Trinajstić information content (AvgIpc) is 1.68. The Labute approximate surface area is 40.5 Å². The van der Waals surface area contributed by atoms with Crippen molar-refractivity contribution in [1.29, 1.82) is 0 Å². The summed E-state index contributed by atoms with van der Waals surface area (Å²) in [6.07, 6.45) is 8.55. The van der Waals surface area contributed by atoms with E-state index < -0.39 is 5.92 Å². The molecule has 0 amide bonds. The maximum absolute atomic E-state index is 11.4. The Kier molecular flexibility index (Phi) is 1.38. The minimum absolute atomic E-state index is 1.12. The van der Waals surface area contributed by atoms with E-state index in [1.807, 2.05) is 0 Å². The minimum atomic E-state index is -3.36. The van der Waals surface area contributed by atoms with E-state index in [0.29, 0.717) is 0 Å². The van der Waals surface area contributed by atoms with E-state index in [1.54, 1.807) is 0 Å². The third-order valence-corrected chi connectivity index (χ3v) is 0.363. The van der Waals surface area contributed by atoms with Gasteiger partial charge in [-0.25, -0.2) is 0 Å². The lowest BCUT2D eigenvalue weighted by Crippen LogP contribution is -2.06. The molecule has 7 heavy (non-hydrogen) atoms. The number of halogens is 2. The molecule has 0 fully saturated rings. The number of alkyl halides is 2. The molecular weight excluding hydrogens is 98.1 g/mol. The molecule has 0 saturated heterocycles. The molecule has 0 N–H and O–H groups in total. The molecule has 0 bridgehead atoms. The molecule has 36 valence electrons. The van der Waals surface area contributed by atoms with Gasteiger partial charge in [-0.3, -0.25) is 0 Å². The van der Waals surface area contributed by atoms with Gasteiger partial charge in [-0.1, -0.05) is 0 Å². The zero-order valence-electron chi connectivity index (χ0n) is 3.41. The monoisotopic (exact) mass is 100 g/mol. The highest BCUT2D eigenvalue weighted by Crippen LogP contribution is 2.07. The molecule has 0 atom stereocenters. The van der Waals surface area contributed by atoms with E-state index >= 15 is 0 Å². The Hall–Kier alpha value is -1.02. The second-order valence-electron chi connectivity index (χ2n) is 0.863. The first-order chi connectivity index (χ1) is 3.12. The van der Waals surface area contributed by atoms with Crippen molar-refractivity contribution in [2.45, 2.75) is 5.92 Å². The molecule has 0 unspecified atom stereocenters. The molecule has 0 aliphatic rings. The first-order valence-electron chi connectivity index (χ1n) is 1.46. The Balaban J connectivity index is 4.00. The fourth-order valence-electron chi connectivity index (χ4n) is 0.0417. The number of rotatable bonds is 0. The van der Waals surface area contributed by atoms with Gasteiger partial charge in [0.25, 0.3) is 0 Å². The largest absolute Gasteiger partial charge is 0.370 e. The molecule has 0 aromatic rings. The van der Waals surface area contributed by atoms with E-state index in [-0.39, 0.29) is 0 Å². The normalized spacial score (nSPS) is 9.14. The van der Waals surface area contributed by atoms with E-state index in [1.165, 1.54) is 0 Å². The molecule has 0 aliphatic carbocycles. The third-order valence-electron chi connectivity index (χ3n) is 0.363. The van der Waals surface area contributed by atoms with Crippen molar-refractivity contribution < 1.29 is 8.78 Å². The van der Waals surface area contributed by atoms with Gasteiger partial charge in [0.1, 0.15) is 0 Å². The van der Waals surface area contributed by atoms with E-state index in [4.69, 9.17) is 0 Å². The summed E-state index contributed by atoms with van der Waals surface area (Å²) in [5, 5.41) is 0. The Bertz CT molecular complexity index is 117. The van der Waals surface area contributed by atoms with Crippen LogP contribution in [-0.2, 0) is 0 Å². The second kappa shape index (κ2) is 1.62. The lowest BCUT2D eigenvalue weighted by Gasteiger charge is -1.93. The fourth-order valence-corrected chi connectivity index (χ4v) is 0.0417. The summed E-state index contributed by atoms with van der Waals surface area (Å²) in [6.45, 7) is 0. The van der Waals surface area contributed by atoms with Gasteiger partial charge in [0, 0.05) is 0 Å². The lowest BCUT2D eigenvalue weighted by molar-refractivity contribution is 0.135. The van der Waals surface area contributed by atoms with Crippen molar-refractivity contribution in [1.82, 2.24) is 0 Å². The topological polar surface area (TPSA) is 0 Å². The van der Waals surface area contributed by atoms with Crippen LogP contribution in [0.3, 0.4) is 0 Å². The van der Waals surface area contributed by atoms with Crippen LogP contribution in [0.2, 0.25) is 0 Å². The third kappa shape index (κ3) is 1.78. The highest BCUT2D eigenvalue weighted by molar-refractivity contribution is 5.18. The van der Waals surface area contributed by atoms with Gasteiger partial charge < -0.3 is 0 Å². The predicted octanol–water partition coefficient (Wildman–Crippen LogP) is 0.888. The summed E-state index contributed by atoms with van der Waals surface area (Å²) in [5.74, 6) is -1.12. The van der Waals surface area contributed by atoms with Crippen molar-refractivity contribution >= 4 is 0 Å². The van der Waals surface area contributed by atoms with Crippen LogP contribution in [0.4, 0.5) is 8.78 Å². The van der Waals surface area contributed by atoms with Gasteiger partial charge in [-0.05, 0) is 11.8 Å². The van der Waals surface area contributed by atoms with Crippen molar-refractivity contribution in [3.63, 3.8) is 0 Å². The zero-order chi connectivity index (χ0) is 5.91. The van der Waals surface area contributed by atoms with Gasteiger partial charge in [0.2, 0.25) is 0 Å². The maximum atomic E-state index is 11.4. The van der Waals surface area contributed by atoms with Crippen LogP contribution in [0.25, 0.3) is 0 Å². The number of hydrogen-bond donors (Lipinski definition) is 0. The highest BCUT2D eigenvalue weighted by Gasteiger charge is 2.19. The van der Waals surface area contributed by atoms with E-state index in [9.17, 15) is 8.78 Å². The second-order valence-corrected chi connectivity index (χ2v) is 0.863. The standard InChI is InChI=1S/C5H2F2/c1-3-5(6,7)4-2/h1-2H. The number of hydrogen-bond acceptors (Lipinski definition) is 0. The first-order valence-corrected chi connectivity index (χ1v) is 1.46. The summed E-state index contributed by atoms with van der Waals surface area (Å²) in [7, 11) is 0.